The smallest absolute Gasteiger partial charge is 0.0434 e. The molecule has 0 saturated heterocycles. The maximum Gasteiger partial charge on any atom is 0.0434 e. The highest BCUT2D eigenvalue weighted by molar-refractivity contribution is 9.12. The summed E-state index contributed by atoms with van der Waals surface area (Å²) in [5.41, 5.74) is 1.76. The van der Waals surface area contributed by atoms with Crippen molar-refractivity contribution in [2.24, 2.45) is 11.8 Å². The Bertz CT molecular complexity index is 240. The molecule has 60 valence electrons. The van der Waals surface area contributed by atoms with E-state index in [0.29, 0.717) is 4.32 Å². The summed E-state index contributed by atoms with van der Waals surface area (Å²) in [7, 11) is 0. The summed E-state index contributed by atoms with van der Waals surface area (Å²) in [6.45, 7) is 0. The van der Waals surface area contributed by atoms with E-state index in [0.717, 1.165) is 11.8 Å². The van der Waals surface area contributed by atoms with E-state index in [-0.39, 0.29) is 0 Å². The fourth-order valence-corrected chi connectivity index (χ4v) is 5.81. The van der Waals surface area contributed by atoms with Crippen LogP contribution in [0.3, 0.4) is 0 Å². The molecular formula is C9H10Br2. The van der Waals surface area contributed by atoms with Crippen molar-refractivity contribution in [2.75, 3.05) is 0 Å². The van der Waals surface area contributed by atoms with Crippen LogP contribution in [0.5, 0.6) is 0 Å². The van der Waals surface area contributed by atoms with Crippen molar-refractivity contribution < 1.29 is 0 Å². The first-order valence-corrected chi connectivity index (χ1v) is 5.89. The van der Waals surface area contributed by atoms with Gasteiger partial charge in [0.1, 0.15) is 0 Å². The lowest BCUT2D eigenvalue weighted by molar-refractivity contribution is 0.170. The monoisotopic (exact) mass is 276 g/mol. The number of fused-ring (bicyclic) bond motifs is 1. The molecule has 0 aromatic heterocycles. The van der Waals surface area contributed by atoms with E-state index in [1.165, 1.54) is 30.2 Å². The third kappa shape index (κ3) is 0.635. The number of alkyl halides is 1. The van der Waals surface area contributed by atoms with Crippen LogP contribution in [-0.2, 0) is 0 Å². The van der Waals surface area contributed by atoms with Crippen LogP contribution in [-0.4, -0.2) is 4.32 Å². The summed E-state index contributed by atoms with van der Waals surface area (Å²) in [5.74, 6) is 1.80. The topological polar surface area (TPSA) is 0 Å². The van der Waals surface area contributed by atoms with Crippen molar-refractivity contribution in [1.82, 2.24) is 0 Å². The van der Waals surface area contributed by atoms with Gasteiger partial charge in [0.25, 0.3) is 0 Å². The number of halogens is 2. The van der Waals surface area contributed by atoms with Crippen molar-refractivity contribution in [3.63, 3.8) is 0 Å². The lowest BCUT2D eigenvalue weighted by atomic mass is 9.57. The lowest BCUT2D eigenvalue weighted by Crippen LogP contribution is -2.51. The molecule has 0 amide bonds. The van der Waals surface area contributed by atoms with E-state index in [1.54, 1.807) is 5.57 Å². The minimum Gasteiger partial charge on any atom is -0.0836 e. The molecule has 2 unspecified atom stereocenters. The Balaban J connectivity index is 2.10. The molecule has 2 heteroatoms. The molecule has 2 saturated carbocycles. The van der Waals surface area contributed by atoms with E-state index < -0.39 is 0 Å². The predicted molar refractivity (Wildman–Crippen MR) is 53.1 cm³/mol. The first-order chi connectivity index (χ1) is 5.23. The van der Waals surface area contributed by atoms with Gasteiger partial charge in [-0.3, -0.25) is 0 Å². The molecule has 0 spiro atoms. The van der Waals surface area contributed by atoms with Crippen LogP contribution in [0.2, 0.25) is 0 Å². The molecule has 0 N–H and O–H groups in total. The Labute approximate surface area is 83.7 Å². The van der Waals surface area contributed by atoms with E-state index >= 15 is 0 Å². The Kier molecular flexibility index (Phi) is 1.27. The van der Waals surface area contributed by atoms with Crippen LogP contribution in [0.4, 0.5) is 0 Å². The summed E-state index contributed by atoms with van der Waals surface area (Å²) in [5, 5.41) is 0. The van der Waals surface area contributed by atoms with E-state index in [2.05, 4.69) is 31.9 Å². The van der Waals surface area contributed by atoms with Gasteiger partial charge in [0.05, 0.1) is 0 Å². The zero-order valence-corrected chi connectivity index (χ0v) is 9.41. The quantitative estimate of drug-likeness (QED) is 0.594. The number of allylic oxidation sites excluding steroid dienone is 2. The molecule has 0 radical (unpaired) electrons. The average molecular weight is 278 g/mol. The van der Waals surface area contributed by atoms with Crippen molar-refractivity contribution in [3.05, 3.63) is 10.1 Å². The van der Waals surface area contributed by atoms with Gasteiger partial charge in [-0.05, 0) is 35.6 Å². The van der Waals surface area contributed by atoms with Crippen LogP contribution < -0.4 is 0 Å². The molecule has 0 heterocycles. The Morgan fingerprint density at radius 2 is 1.91 bits per heavy atom. The van der Waals surface area contributed by atoms with Crippen molar-refractivity contribution in [1.29, 1.82) is 0 Å². The molecule has 0 aromatic rings. The molecule has 0 aromatic carbocycles. The largest absolute Gasteiger partial charge is 0.0836 e. The average Bonchev–Trinajstić information content (AvgIpc) is 2.41. The van der Waals surface area contributed by atoms with Crippen LogP contribution in [0.25, 0.3) is 0 Å². The highest BCUT2D eigenvalue weighted by Crippen LogP contribution is 2.71. The molecule has 0 nitrogen and oxygen atoms in total. The molecule has 4 aliphatic rings. The van der Waals surface area contributed by atoms with Gasteiger partial charge in [-0.25, -0.2) is 0 Å². The number of rotatable bonds is 0. The first kappa shape index (κ1) is 7.14. The molecule has 4 rings (SSSR count). The predicted octanol–water partition coefficient (Wildman–Crippen LogP) is 3.60. The van der Waals surface area contributed by atoms with E-state index in [9.17, 15) is 0 Å². The number of hydrogen-bond donors (Lipinski definition) is 0. The summed E-state index contributed by atoms with van der Waals surface area (Å²) < 4.78 is 2.03. The summed E-state index contributed by atoms with van der Waals surface area (Å²) >= 11 is 7.61. The van der Waals surface area contributed by atoms with Gasteiger partial charge >= 0.3 is 0 Å². The zero-order chi connectivity index (χ0) is 7.64. The van der Waals surface area contributed by atoms with Gasteiger partial charge in [-0.15, -0.1) is 0 Å². The number of hydrogen-bond acceptors (Lipinski definition) is 0. The fourth-order valence-electron chi connectivity index (χ4n) is 3.19. The minimum absolute atomic E-state index is 0.513. The van der Waals surface area contributed by atoms with Gasteiger partial charge in [0.2, 0.25) is 0 Å². The van der Waals surface area contributed by atoms with Crippen molar-refractivity contribution in [3.8, 4) is 0 Å². The zero-order valence-electron chi connectivity index (χ0n) is 6.24. The lowest BCUT2D eigenvalue weighted by Gasteiger charge is -2.53. The Hall–Kier alpha value is 0.700. The van der Waals surface area contributed by atoms with Crippen LogP contribution in [0.15, 0.2) is 10.1 Å². The Morgan fingerprint density at radius 1 is 1.27 bits per heavy atom. The molecule has 4 bridgehead atoms. The van der Waals surface area contributed by atoms with Crippen molar-refractivity contribution in [2.45, 2.75) is 30.0 Å². The maximum absolute atomic E-state index is 3.92. The standard InChI is InChI=1S/C9H10Br2/c10-7-4-9(11)5-2-1-3-6(9)8(5)7/h5-6H,1-4H2. The third-order valence-electron chi connectivity index (χ3n) is 3.63. The van der Waals surface area contributed by atoms with Gasteiger partial charge in [-0.1, -0.05) is 43.9 Å². The molecule has 2 fully saturated rings. The summed E-state index contributed by atoms with van der Waals surface area (Å²) in [6.07, 6.45) is 5.56. The second kappa shape index (κ2) is 1.95. The maximum atomic E-state index is 3.92. The normalized spacial score (nSPS) is 52.9. The Morgan fingerprint density at radius 3 is 2.27 bits per heavy atom. The first-order valence-electron chi connectivity index (χ1n) is 4.31. The van der Waals surface area contributed by atoms with Gasteiger partial charge < -0.3 is 0 Å². The minimum atomic E-state index is 0.513. The summed E-state index contributed by atoms with van der Waals surface area (Å²) in [4.78, 5) is 0. The van der Waals surface area contributed by atoms with Gasteiger partial charge in [0, 0.05) is 4.32 Å². The van der Waals surface area contributed by atoms with E-state index in [4.69, 9.17) is 0 Å². The molecule has 4 aliphatic carbocycles. The van der Waals surface area contributed by atoms with Crippen LogP contribution in [0.1, 0.15) is 25.7 Å². The summed E-state index contributed by atoms with van der Waals surface area (Å²) in [6, 6.07) is 0. The second-order valence-electron chi connectivity index (χ2n) is 4.00. The van der Waals surface area contributed by atoms with E-state index in [1.807, 2.05) is 0 Å². The molecule has 0 aliphatic heterocycles. The van der Waals surface area contributed by atoms with Gasteiger partial charge in [-0.2, -0.15) is 0 Å². The van der Waals surface area contributed by atoms with Crippen molar-refractivity contribution >= 4 is 31.9 Å². The highest BCUT2D eigenvalue weighted by atomic mass is 79.9. The van der Waals surface area contributed by atoms with Gasteiger partial charge in [0.15, 0.2) is 0 Å². The molecule has 2 atom stereocenters. The van der Waals surface area contributed by atoms with Crippen LogP contribution >= 0.6 is 31.9 Å². The highest BCUT2D eigenvalue weighted by Gasteiger charge is 2.63. The third-order valence-corrected chi connectivity index (χ3v) is 5.76. The second-order valence-corrected chi connectivity index (χ2v) is 6.43. The fraction of sp³-hybridized carbons (Fsp3) is 0.778. The molecular weight excluding hydrogens is 268 g/mol. The SMILES string of the molecule is BrC1=C2C3CCCC2C3(Br)C1. The van der Waals surface area contributed by atoms with Crippen LogP contribution in [0, 0.1) is 11.8 Å². The molecule has 11 heavy (non-hydrogen) atoms.